The van der Waals surface area contributed by atoms with E-state index in [2.05, 4.69) is 25.7 Å². The zero-order valence-corrected chi connectivity index (χ0v) is 23.3. The molecule has 0 saturated carbocycles. The number of aryl methyl sites for hydroxylation is 1. The maximum Gasteiger partial charge on any atom is 0.337 e. The second kappa shape index (κ2) is 12.9. The third kappa shape index (κ3) is 7.97. The van der Waals surface area contributed by atoms with Crippen LogP contribution < -0.4 is 20.7 Å². The Bertz CT molecular complexity index is 1720. The minimum atomic E-state index is -3.81. The first kappa shape index (κ1) is 28.9. The van der Waals surface area contributed by atoms with Gasteiger partial charge in [-0.15, -0.1) is 0 Å². The Balaban J connectivity index is 1.35. The number of nitrogens with one attached hydrogen (secondary N) is 4. The summed E-state index contributed by atoms with van der Waals surface area (Å²) < 4.78 is 27.6. The summed E-state index contributed by atoms with van der Waals surface area (Å²) in [6.07, 6.45) is 4.18. The number of aromatic nitrogens is 1. The van der Waals surface area contributed by atoms with E-state index < -0.39 is 16.0 Å². The number of carbonyl (C=O) groups excluding carboxylic acids is 1. The number of ketones is 1. The van der Waals surface area contributed by atoms with Crippen molar-refractivity contribution in [3.05, 3.63) is 120 Å². The van der Waals surface area contributed by atoms with Crippen molar-refractivity contribution >= 4 is 62.0 Å². The summed E-state index contributed by atoms with van der Waals surface area (Å²) >= 11 is 5.37. The molecule has 0 fully saturated rings. The number of pyridine rings is 1. The van der Waals surface area contributed by atoms with Gasteiger partial charge in [0.2, 0.25) is 0 Å². The second-order valence-corrected chi connectivity index (χ2v) is 10.8. The number of rotatable bonds is 10. The van der Waals surface area contributed by atoms with E-state index in [-0.39, 0.29) is 27.2 Å². The van der Waals surface area contributed by atoms with Gasteiger partial charge in [0.05, 0.1) is 16.1 Å². The Morgan fingerprint density at radius 1 is 0.902 bits per heavy atom. The van der Waals surface area contributed by atoms with Crippen molar-refractivity contribution in [3.63, 3.8) is 0 Å². The molecule has 0 saturated heterocycles. The molecule has 0 atom stereocenters. The summed E-state index contributed by atoms with van der Waals surface area (Å²) in [4.78, 5) is 28.2. The number of allylic oxidation sites excluding steroid dienone is 1. The lowest BCUT2D eigenvalue weighted by molar-refractivity contribution is 0.0697. The Kier molecular flexibility index (Phi) is 9.07. The van der Waals surface area contributed by atoms with Gasteiger partial charge in [0.15, 0.2) is 10.9 Å². The number of benzene rings is 3. The monoisotopic (exact) mass is 587 g/mol. The summed E-state index contributed by atoms with van der Waals surface area (Å²) in [5.74, 6) is -1.16. The summed E-state index contributed by atoms with van der Waals surface area (Å²) in [6.45, 7) is 1.80. The van der Waals surface area contributed by atoms with Gasteiger partial charge in [0.1, 0.15) is 5.82 Å². The van der Waals surface area contributed by atoms with Crippen LogP contribution >= 0.6 is 12.2 Å². The number of aromatic carboxylic acids is 1. The topological polar surface area (TPSA) is 150 Å². The van der Waals surface area contributed by atoms with Gasteiger partial charge in [-0.25, -0.2) is 18.2 Å². The fourth-order valence-corrected chi connectivity index (χ4v) is 4.89. The standard InChI is InChI=1S/C29H25N5O5S2/c1-19-8-13-25(24(17-19)28(36)37)30-16-14-26(35)20-5-4-6-22(18-20)33-29(40)32-21-9-11-23(12-10-21)41(38,39)34-27-7-2-3-15-31-27/h2-18,30H,1H3,(H,31,34)(H,36,37)(H2,32,33,40)/b16-14+. The Hall–Kier alpha value is -5.07. The first-order chi connectivity index (χ1) is 19.6. The number of carboxylic acid groups (broad SMARTS) is 1. The molecular formula is C29H25N5O5S2. The van der Waals surface area contributed by atoms with Gasteiger partial charge in [0.25, 0.3) is 10.0 Å². The van der Waals surface area contributed by atoms with Crippen molar-refractivity contribution in [3.8, 4) is 0 Å². The second-order valence-electron chi connectivity index (χ2n) is 8.70. The van der Waals surface area contributed by atoms with Crippen LogP contribution in [0.5, 0.6) is 0 Å². The van der Waals surface area contributed by atoms with Crippen molar-refractivity contribution in [1.29, 1.82) is 0 Å². The first-order valence-electron chi connectivity index (χ1n) is 12.1. The number of thiocarbonyl (C=S) groups is 1. The van der Waals surface area contributed by atoms with Gasteiger partial charge in [-0.3, -0.25) is 9.52 Å². The van der Waals surface area contributed by atoms with Gasteiger partial charge in [-0.1, -0.05) is 29.8 Å². The zero-order chi connectivity index (χ0) is 29.4. The molecule has 0 unspecified atom stereocenters. The summed E-state index contributed by atoms with van der Waals surface area (Å²) in [5.41, 5.74) is 2.77. The molecular weight excluding hydrogens is 562 g/mol. The first-order valence-corrected chi connectivity index (χ1v) is 14.0. The van der Waals surface area contributed by atoms with Gasteiger partial charge in [-0.05, 0) is 79.8 Å². The lowest BCUT2D eigenvalue weighted by atomic mass is 10.1. The quantitative estimate of drug-likeness (QED) is 0.0914. The molecule has 0 spiro atoms. The number of anilines is 4. The van der Waals surface area contributed by atoms with E-state index in [0.717, 1.165) is 5.56 Å². The summed E-state index contributed by atoms with van der Waals surface area (Å²) in [6, 6.07) is 22.6. The van der Waals surface area contributed by atoms with Crippen LogP contribution in [-0.2, 0) is 10.0 Å². The third-order valence-electron chi connectivity index (χ3n) is 5.61. The van der Waals surface area contributed by atoms with E-state index in [1.54, 1.807) is 79.7 Å². The van der Waals surface area contributed by atoms with E-state index in [4.69, 9.17) is 12.2 Å². The van der Waals surface area contributed by atoms with Crippen molar-refractivity contribution < 1.29 is 23.1 Å². The minimum absolute atomic E-state index is 0.0582. The molecule has 10 nitrogen and oxygen atoms in total. The van der Waals surface area contributed by atoms with Crippen molar-refractivity contribution in [1.82, 2.24) is 4.98 Å². The van der Waals surface area contributed by atoms with Gasteiger partial charge in [0, 0.05) is 35.4 Å². The maximum absolute atomic E-state index is 12.7. The highest BCUT2D eigenvalue weighted by Crippen LogP contribution is 2.19. The number of hydrogen-bond acceptors (Lipinski definition) is 7. The fourth-order valence-electron chi connectivity index (χ4n) is 3.65. The van der Waals surface area contributed by atoms with Crippen LogP contribution in [0.1, 0.15) is 26.3 Å². The molecule has 3 aromatic carbocycles. The lowest BCUT2D eigenvalue weighted by Gasteiger charge is -2.12. The SMILES string of the molecule is Cc1ccc(N/C=C/C(=O)c2cccc(NC(=S)Nc3ccc(S(=O)(=O)Nc4ccccn4)cc3)c2)c(C(=O)O)c1. The lowest BCUT2D eigenvalue weighted by Crippen LogP contribution is -2.19. The fraction of sp³-hybridized carbons (Fsp3) is 0.0345. The molecule has 208 valence electrons. The normalized spacial score (nSPS) is 11.0. The van der Waals surface area contributed by atoms with Crippen molar-refractivity contribution in [2.75, 3.05) is 20.7 Å². The molecule has 0 aliphatic rings. The molecule has 0 aliphatic heterocycles. The van der Waals surface area contributed by atoms with Gasteiger partial charge in [-0.2, -0.15) is 0 Å². The van der Waals surface area contributed by atoms with E-state index in [9.17, 15) is 23.1 Å². The van der Waals surface area contributed by atoms with Crippen LogP contribution in [0.2, 0.25) is 0 Å². The van der Waals surface area contributed by atoms with E-state index in [0.29, 0.717) is 22.6 Å². The van der Waals surface area contributed by atoms with Crippen molar-refractivity contribution in [2.24, 2.45) is 0 Å². The molecule has 41 heavy (non-hydrogen) atoms. The predicted octanol–water partition coefficient (Wildman–Crippen LogP) is 5.51. The molecule has 0 aliphatic carbocycles. The zero-order valence-electron chi connectivity index (χ0n) is 21.7. The molecule has 1 heterocycles. The van der Waals surface area contributed by atoms with Crippen LogP contribution in [0.3, 0.4) is 0 Å². The molecule has 4 rings (SSSR count). The van der Waals surface area contributed by atoms with Crippen LogP contribution in [0.15, 0.2) is 108 Å². The largest absolute Gasteiger partial charge is 0.478 e. The molecule has 12 heteroatoms. The highest BCUT2D eigenvalue weighted by atomic mass is 32.2. The molecule has 0 radical (unpaired) electrons. The van der Waals surface area contributed by atoms with Crippen LogP contribution in [0, 0.1) is 6.92 Å². The summed E-state index contributed by atoms with van der Waals surface area (Å²) in [5, 5.41) is 18.4. The number of carbonyl (C=O) groups is 2. The highest BCUT2D eigenvalue weighted by molar-refractivity contribution is 7.92. The highest BCUT2D eigenvalue weighted by Gasteiger charge is 2.15. The average Bonchev–Trinajstić information content (AvgIpc) is 2.94. The molecule has 5 N–H and O–H groups in total. The molecule has 4 aromatic rings. The van der Waals surface area contributed by atoms with Gasteiger partial charge >= 0.3 is 5.97 Å². The number of sulfonamides is 1. The molecule has 0 amide bonds. The molecule has 1 aromatic heterocycles. The van der Waals surface area contributed by atoms with E-state index in [1.807, 2.05) is 0 Å². The van der Waals surface area contributed by atoms with Gasteiger partial charge < -0.3 is 21.1 Å². The maximum atomic E-state index is 12.7. The Morgan fingerprint density at radius 3 is 2.37 bits per heavy atom. The van der Waals surface area contributed by atoms with Crippen molar-refractivity contribution in [2.45, 2.75) is 11.8 Å². The molecule has 0 bridgehead atoms. The van der Waals surface area contributed by atoms with Crippen LogP contribution in [0.25, 0.3) is 0 Å². The van der Waals surface area contributed by atoms with Crippen LogP contribution in [0.4, 0.5) is 22.9 Å². The van der Waals surface area contributed by atoms with Crippen LogP contribution in [-0.4, -0.2) is 35.4 Å². The smallest absolute Gasteiger partial charge is 0.337 e. The number of nitrogens with zero attached hydrogens (tertiary/aromatic N) is 1. The van der Waals surface area contributed by atoms with E-state index >= 15 is 0 Å². The van der Waals surface area contributed by atoms with E-state index in [1.165, 1.54) is 30.6 Å². The Morgan fingerprint density at radius 2 is 1.66 bits per heavy atom. The number of carboxylic acids is 1. The minimum Gasteiger partial charge on any atom is -0.478 e. The third-order valence-corrected chi connectivity index (χ3v) is 7.19. The predicted molar refractivity (Wildman–Crippen MR) is 163 cm³/mol. The average molecular weight is 588 g/mol. The number of hydrogen-bond donors (Lipinski definition) is 5. The summed E-state index contributed by atoms with van der Waals surface area (Å²) in [7, 11) is -3.81. The Labute approximate surface area is 242 Å².